The number of alkyl halides is 3. The number of rotatable bonds is 4. The van der Waals surface area contributed by atoms with Crippen LogP contribution in [0.5, 0.6) is 5.75 Å². The molecule has 7 heteroatoms. The number of aromatic carboxylic acids is 1. The van der Waals surface area contributed by atoms with Gasteiger partial charge in [-0.25, -0.2) is 4.79 Å². The molecule has 0 aliphatic carbocycles. The average Bonchev–Trinajstić information content (AvgIpc) is 2.77. The van der Waals surface area contributed by atoms with Gasteiger partial charge in [0.15, 0.2) is 0 Å². The van der Waals surface area contributed by atoms with Gasteiger partial charge in [0.2, 0.25) is 5.76 Å². The van der Waals surface area contributed by atoms with Gasteiger partial charge in [-0.2, -0.15) is 13.2 Å². The molecule has 0 amide bonds. The minimum Gasteiger partial charge on any atom is -0.486 e. The van der Waals surface area contributed by atoms with Crippen LogP contribution in [-0.2, 0) is 12.8 Å². The molecule has 1 heterocycles. The van der Waals surface area contributed by atoms with E-state index in [0.29, 0.717) is 5.56 Å². The quantitative estimate of drug-likeness (QED) is 0.930. The lowest BCUT2D eigenvalue weighted by Gasteiger charge is -2.09. The molecule has 0 atom stereocenters. The lowest BCUT2D eigenvalue weighted by atomic mass is 10.2. The van der Waals surface area contributed by atoms with Gasteiger partial charge in [0, 0.05) is 5.56 Å². The van der Waals surface area contributed by atoms with Crippen LogP contribution < -0.4 is 4.74 Å². The normalized spacial score (nSPS) is 11.4. The summed E-state index contributed by atoms with van der Waals surface area (Å²) in [5.41, 5.74) is -0.396. The van der Waals surface area contributed by atoms with Gasteiger partial charge in [-0.15, -0.1) is 0 Å². The van der Waals surface area contributed by atoms with Crippen molar-refractivity contribution < 1.29 is 32.2 Å². The van der Waals surface area contributed by atoms with E-state index < -0.39 is 17.7 Å². The van der Waals surface area contributed by atoms with Crippen molar-refractivity contribution in [1.82, 2.24) is 0 Å². The van der Waals surface area contributed by atoms with Gasteiger partial charge in [0.25, 0.3) is 0 Å². The van der Waals surface area contributed by atoms with Crippen LogP contribution in [0.25, 0.3) is 0 Å². The Hall–Kier alpha value is -2.44. The van der Waals surface area contributed by atoms with E-state index in [1.165, 1.54) is 18.2 Å². The fraction of sp³-hybridized carbons (Fsp3) is 0.214. The summed E-state index contributed by atoms with van der Waals surface area (Å²) in [6, 6.07) is 5.88. The summed E-state index contributed by atoms with van der Waals surface area (Å²) in [6.07, 6.45) is -4.45. The second kappa shape index (κ2) is 5.51. The number of carboxylic acid groups (broad SMARTS) is 1. The van der Waals surface area contributed by atoms with Crippen LogP contribution in [-0.4, -0.2) is 11.1 Å². The first-order valence-corrected chi connectivity index (χ1v) is 5.90. The zero-order chi connectivity index (χ0) is 15.6. The molecule has 112 valence electrons. The zero-order valence-electron chi connectivity index (χ0n) is 10.9. The summed E-state index contributed by atoms with van der Waals surface area (Å²) in [4.78, 5) is 10.8. The molecule has 0 fully saturated rings. The maximum absolute atomic E-state index is 12.5. The summed E-state index contributed by atoms with van der Waals surface area (Å²) in [6.45, 7) is 1.40. The first-order valence-electron chi connectivity index (χ1n) is 5.90. The van der Waals surface area contributed by atoms with Crippen LogP contribution in [0.2, 0.25) is 0 Å². The molecule has 0 unspecified atom stereocenters. The topological polar surface area (TPSA) is 59.7 Å². The largest absolute Gasteiger partial charge is 0.486 e. The Kier molecular flexibility index (Phi) is 3.93. The molecule has 0 saturated carbocycles. The van der Waals surface area contributed by atoms with E-state index in [0.717, 1.165) is 12.1 Å². The van der Waals surface area contributed by atoms with Crippen molar-refractivity contribution in [1.29, 1.82) is 0 Å². The van der Waals surface area contributed by atoms with Crippen molar-refractivity contribution in [3.05, 3.63) is 53.0 Å². The Balaban J connectivity index is 2.10. The van der Waals surface area contributed by atoms with Crippen LogP contribution >= 0.6 is 0 Å². The summed E-state index contributed by atoms with van der Waals surface area (Å²) >= 11 is 0. The minimum atomic E-state index is -4.45. The smallest absolute Gasteiger partial charge is 0.416 e. The first kappa shape index (κ1) is 15.0. The maximum atomic E-state index is 12.5. The van der Waals surface area contributed by atoms with Gasteiger partial charge in [0.1, 0.15) is 18.1 Å². The van der Waals surface area contributed by atoms with Gasteiger partial charge < -0.3 is 14.3 Å². The number of ether oxygens (including phenoxy) is 1. The van der Waals surface area contributed by atoms with Gasteiger partial charge in [0.05, 0.1) is 5.56 Å². The summed E-state index contributed by atoms with van der Waals surface area (Å²) in [5, 5.41) is 8.83. The summed E-state index contributed by atoms with van der Waals surface area (Å²) in [5.74, 6) is -1.17. The lowest BCUT2D eigenvalue weighted by Crippen LogP contribution is -2.05. The second-order valence-electron chi connectivity index (χ2n) is 4.34. The molecular weight excluding hydrogens is 289 g/mol. The number of hydrogen-bond donors (Lipinski definition) is 1. The third kappa shape index (κ3) is 3.56. The first-order chi connectivity index (χ1) is 9.77. The van der Waals surface area contributed by atoms with Crippen LogP contribution in [0.1, 0.15) is 27.4 Å². The highest BCUT2D eigenvalue weighted by Crippen LogP contribution is 2.31. The zero-order valence-corrected chi connectivity index (χ0v) is 10.9. The van der Waals surface area contributed by atoms with Crippen molar-refractivity contribution in [2.45, 2.75) is 19.7 Å². The highest BCUT2D eigenvalue weighted by Gasteiger charge is 2.30. The highest BCUT2D eigenvalue weighted by atomic mass is 19.4. The molecule has 0 aliphatic rings. The van der Waals surface area contributed by atoms with Crippen molar-refractivity contribution >= 4 is 5.97 Å². The molecule has 0 bridgehead atoms. The van der Waals surface area contributed by atoms with Crippen LogP contribution in [0, 0.1) is 6.92 Å². The van der Waals surface area contributed by atoms with E-state index in [9.17, 15) is 18.0 Å². The molecule has 0 radical (unpaired) electrons. The fourth-order valence-electron chi connectivity index (χ4n) is 1.75. The number of benzene rings is 1. The average molecular weight is 300 g/mol. The van der Waals surface area contributed by atoms with Gasteiger partial charge in [-0.05, 0) is 31.2 Å². The Labute approximate surface area is 117 Å². The predicted molar refractivity (Wildman–Crippen MR) is 66.2 cm³/mol. The standard InChI is InChI=1S/C14H11F3O4/c1-8-5-11(21-12(8)13(18)19)7-20-10-4-2-3-9(6-10)14(15,16)17/h2-6H,7H2,1H3,(H,18,19). The van der Waals surface area contributed by atoms with Crippen LogP contribution in [0.3, 0.4) is 0 Å². The summed E-state index contributed by atoms with van der Waals surface area (Å²) in [7, 11) is 0. The molecule has 2 rings (SSSR count). The van der Waals surface area contributed by atoms with Crippen molar-refractivity contribution in [2.75, 3.05) is 0 Å². The number of aryl methyl sites for hydroxylation is 1. The van der Waals surface area contributed by atoms with E-state index in [4.69, 9.17) is 14.3 Å². The van der Waals surface area contributed by atoms with Crippen LogP contribution in [0.15, 0.2) is 34.7 Å². The number of carbonyl (C=O) groups is 1. The third-order valence-corrected chi connectivity index (χ3v) is 2.71. The summed E-state index contributed by atoms with van der Waals surface area (Å²) < 4.78 is 47.8. The number of hydrogen-bond acceptors (Lipinski definition) is 3. The van der Waals surface area contributed by atoms with Gasteiger partial charge in [-0.1, -0.05) is 6.07 Å². The fourth-order valence-corrected chi connectivity index (χ4v) is 1.75. The molecule has 4 nitrogen and oxygen atoms in total. The molecule has 21 heavy (non-hydrogen) atoms. The SMILES string of the molecule is Cc1cc(COc2cccc(C(F)(F)F)c2)oc1C(=O)O. The Bertz CT molecular complexity index is 658. The van der Waals surface area contributed by atoms with E-state index in [1.54, 1.807) is 6.92 Å². The number of halogens is 3. The van der Waals surface area contributed by atoms with Crippen molar-refractivity contribution in [3.8, 4) is 5.75 Å². The monoisotopic (exact) mass is 300 g/mol. The van der Waals surface area contributed by atoms with Crippen molar-refractivity contribution in [2.24, 2.45) is 0 Å². The van der Waals surface area contributed by atoms with E-state index in [1.807, 2.05) is 0 Å². The molecule has 1 aromatic heterocycles. The van der Waals surface area contributed by atoms with E-state index in [2.05, 4.69) is 0 Å². The lowest BCUT2D eigenvalue weighted by molar-refractivity contribution is -0.137. The second-order valence-corrected chi connectivity index (χ2v) is 4.34. The Morgan fingerprint density at radius 3 is 2.62 bits per heavy atom. The Morgan fingerprint density at radius 2 is 2.05 bits per heavy atom. The third-order valence-electron chi connectivity index (χ3n) is 2.71. The molecule has 1 N–H and O–H groups in total. The molecule has 1 aromatic carbocycles. The van der Waals surface area contributed by atoms with Crippen molar-refractivity contribution in [3.63, 3.8) is 0 Å². The molecule has 0 spiro atoms. The molecule has 0 aliphatic heterocycles. The molecular formula is C14H11F3O4. The van der Waals surface area contributed by atoms with Gasteiger partial charge in [-0.3, -0.25) is 0 Å². The van der Waals surface area contributed by atoms with Crippen LogP contribution in [0.4, 0.5) is 13.2 Å². The minimum absolute atomic E-state index is 0.0238. The maximum Gasteiger partial charge on any atom is 0.416 e. The highest BCUT2D eigenvalue weighted by molar-refractivity contribution is 5.86. The predicted octanol–water partition coefficient (Wildman–Crippen LogP) is 3.88. The molecule has 2 aromatic rings. The van der Waals surface area contributed by atoms with E-state index in [-0.39, 0.29) is 23.9 Å². The number of carboxylic acids is 1. The number of furan rings is 1. The van der Waals surface area contributed by atoms with Gasteiger partial charge >= 0.3 is 12.1 Å². The molecule has 0 saturated heterocycles. The van der Waals surface area contributed by atoms with E-state index >= 15 is 0 Å². The Morgan fingerprint density at radius 1 is 1.33 bits per heavy atom.